The summed E-state index contributed by atoms with van der Waals surface area (Å²) in [5.41, 5.74) is 0. The Bertz CT molecular complexity index is 198. The summed E-state index contributed by atoms with van der Waals surface area (Å²) in [6.45, 7) is 6.45. The van der Waals surface area contributed by atoms with E-state index in [1.165, 1.54) is 6.04 Å². The Morgan fingerprint density at radius 2 is 1.69 bits per heavy atom. The Balaban J connectivity index is 2.73. The van der Waals surface area contributed by atoms with E-state index in [9.17, 15) is 0 Å². The van der Waals surface area contributed by atoms with Crippen LogP contribution >= 0.6 is 0 Å². The van der Waals surface area contributed by atoms with Gasteiger partial charge < -0.3 is 8.85 Å². The zero-order valence-electron chi connectivity index (χ0n) is 10.8. The average Bonchev–Trinajstić information content (AvgIpc) is 2.73. The Kier molecular flexibility index (Phi) is 6.12. The van der Waals surface area contributed by atoms with Gasteiger partial charge in [0.25, 0.3) is 0 Å². The lowest BCUT2D eigenvalue weighted by Crippen LogP contribution is -2.61. The minimum Gasteiger partial charge on any atom is -0.395 e. The first-order valence-electron chi connectivity index (χ1n) is 5.96. The van der Waals surface area contributed by atoms with Crippen LogP contribution in [0.25, 0.3) is 0 Å². The summed E-state index contributed by atoms with van der Waals surface area (Å²) in [6.07, 6.45) is 1.15. The molecule has 1 aliphatic heterocycles. The summed E-state index contributed by atoms with van der Waals surface area (Å²) in [6, 6.07) is 1.19. The molecule has 0 aromatic rings. The van der Waals surface area contributed by atoms with Gasteiger partial charge in [0.2, 0.25) is 0 Å². The van der Waals surface area contributed by atoms with Gasteiger partial charge in [-0.25, -0.2) is 0 Å². The molecule has 7 heteroatoms. The van der Waals surface area contributed by atoms with Gasteiger partial charge in [-0.15, -0.1) is 0 Å². The number of nitrogens with zero attached hydrogens (tertiary/aromatic N) is 1. The van der Waals surface area contributed by atoms with E-state index in [1.54, 1.807) is 14.2 Å². The Morgan fingerprint density at radius 1 is 1.12 bits per heavy atom. The fraction of sp³-hybridized carbons (Fsp3) is 1.00. The van der Waals surface area contributed by atoms with Gasteiger partial charge in [0.15, 0.2) is 0 Å². The predicted molar refractivity (Wildman–Crippen MR) is 66.1 cm³/mol. The Morgan fingerprint density at radius 3 is 2.12 bits per heavy atom. The lowest BCUT2D eigenvalue weighted by molar-refractivity contribution is -1.16. The van der Waals surface area contributed by atoms with Crippen molar-refractivity contribution >= 4 is 17.3 Å². The predicted octanol–water partition coefficient (Wildman–Crippen LogP) is 0.425. The minimum absolute atomic E-state index is 0.372. The zero-order valence-corrected chi connectivity index (χ0v) is 13.1. The van der Waals surface area contributed by atoms with Gasteiger partial charge in [0.1, 0.15) is 6.54 Å². The monoisotopic (exact) mass is 266 g/mol. The van der Waals surface area contributed by atoms with Crippen molar-refractivity contribution in [3.05, 3.63) is 0 Å². The Labute approximate surface area is 101 Å². The number of hydrogen-bond acceptors (Lipinski definition) is 4. The largest absolute Gasteiger partial charge is 0.395 e. The maximum atomic E-state index is 5.83. The molecule has 0 amide bonds. The molecule has 0 aromatic heterocycles. The van der Waals surface area contributed by atoms with E-state index in [-0.39, 0.29) is 0 Å². The summed E-state index contributed by atoms with van der Waals surface area (Å²) in [4.78, 5) is 11.2. The number of hydroxylamine groups is 2. The van der Waals surface area contributed by atoms with Crippen molar-refractivity contribution in [3.8, 4) is 0 Å². The van der Waals surface area contributed by atoms with Crippen LogP contribution < -0.4 is 0 Å². The van der Waals surface area contributed by atoms with Crippen LogP contribution in [0.2, 0.25) is 6.04 Å². The van der Waals surface area contributed by atoms with Crippen molar-refractivity contribution in [2.24, 2.45) is 0 Å². The summed E-state index contributed by atoms with van der Waals surface area (Å²) >= 11 is 0. The smallest absolute Gasteiger partial charge is 0.377 e. The van der Waals surface area contributed by atoms with Gasteiger partial charge in [-0.3, -0.25) is 0 Å². The maximum Gasteiger partial charge on any atom is 0.377 e. The summed E-state index contributed by atoms with van der Waals surface area (Å²) in [7, 11) is 0.561. The highest BCUT2D eigenvalue weighted by Gasteiger charge is 2.55. The standard InChI is InChI=1S/C9H24NO4Si2/c1-5-13-16(14-6-2)15-9-7-8-10(15,11-3)12-4/h15-16H,5-9H2,1-4H3/q+1. The van der Waals surface area contributed by atoms with Crippen molar-refractivity contribution in [2.45, 2.75) is 26.3 Å². The summed E-state index contributed by atoms with van der Waals surface area (Å²) in [5.74, 6) is 0. The second kappa shape index (κ2) is 6.85. The molecule has 1 fully saturated rings. The molecule has 0 spiro atoms. The zero-order chi connectivity index (χ0) is 12.0. The number of hydrogen-bond donors (Lipinski definition) is 0. The van der Waals surface area contributed by atoms with Gasteiger partial charge in [0.05, 0.1) is 14.2 Å². The molecule has 16 heavy (non-hydrogen) atoms. The van der Waals surface area contributed by atoms with Crippen LogP contribution in [-0.4, -0.2) is 55.7 Å². The highest BCUT2D eigenvalue weighted by Crippen LogP contribution is 2.27. The molecule has 1 heterocycles. The lowest BCUT2D eigenvalue weighted by atomic mass is 10.5. The van der Waals surface area contributed by atoms with E-state index in [4.69, 9.17) is 18.5 Å². The van der Waals surface area contributed by atoms with E-state index < -0.39 is 17.3 Å². The van der Waals surface area contributed by atoms with Crippen molar-refractivity contribution in [2.75, 3.05) is 34.0 Å². The van der Waals surface area contributed by atoms with Crippen LogP contribution in [0, 0.1) is 0 Å². The van der Waals surface area contributed by atoms with Gasteiger partial charge in [0, 0.05) is 25.7 Å². The second-order valence-electron chi connectivity index (χ2n) is 3.80. The van der Waals surface area contributed by atoms with Gasteiger partial charge >= 0.3 is 17.3 Å². The van der Waals surface area contributed by atoms with Crippen LogP contribution in [0.1, 0.15) is 20.3 Å². The van der Waals surface area contributed by atoms with Crippen LogP contribution in [0.15, 0.2) is 0 Å². The van der Waals surface area contributed by atoms with Crippen molar-refractivity contribution in [1.29, 1.82) is 0 Å². The topological polar surface area (TPSA) is 36.9 Å². The molecule has 0 N–H and O–H groups in total. The fourth-order valence-corrected chi connectivity index (χ4v) is 12.5. The van der Waals surface area contributed by atoms with Crippen LogP contribution in [0.3, 0.4) is 0 Å². The third-order valence-electron chi connectivity index (χ3n) is 3.07. The van der Waals surface area contributed by atoms with E-state index >= 15 is 0 Å². The number of rotatable bonds is 7. The van der Waals surface area contributed by atoms with E-state index in [0.29, 0.717) is 4.48 Å². The molecule has 5 nitrogen and oxygen atoms in total. The molecule has 1 rings (SSSR count). The maximum absolute atomic E-state index is 5.83. The molecule has 0 radical (unpaired) electrons. The van der Waals surface area contributed by atoms with E-state index in [0.717, 1.165) is 26.2 Å². The molecule has 96 valence electrons. The fourth-order valence-electron chi connectivity index (χ4n) is 2.33. The minimum atomic E-state index is -1.59. The Hall–Kier alpha value is 0.234. The first-order valence-corrected chi connectivity index (χ1v) is 10.9. The molecule has 1 atom stereocenters. The molecular formula is C9H24NO4Si2+. The molecular weight excluding hydrogens is 242 g/mol. The average molecular weight is 266 g/mol. The third kappa shape index (κ3) is 2.92. The molecule has 1 saturated heterocycles. The molecule has 0 bridgehead atoms. The highest BCUT2D eigenvalue weighted by molar-refractivity contribution is 7.13. The van der Waals surface area contributed by atoms with Crippen molar-refractivity contribution in [3.63, 3.8) is 0 Å². The van der Waals surface area contributed by atoms with Crippen molar-refractivity contribution < 1.29 is 23.0 Å². The molecule has 0 saturated carbocycles. The van der Waals surface area contributed by atoms with Gasteiger partial charge in [-0.05, 0) is 13.8 Å². The van der Waals surface area contributed by atoms with E-state index in [2.05, 4.69) is 0 Å². The van der Waals surface area contributed by atoms with Crippen LogP contribution in [0.5, 0.6) is 0 Å². The molecule has 1 aliphatic rings. The molecule has 0 aromatic carbocycles. The van der Waals surface area contributed by atoms with Gasteiger partial charge in [-0.2, -0.15) is 9.68 Å². The third-order valence-corrected chi connectivity index (χ3v) is 13.1. The lowest BCUT2D eigenvalue weighted by Gasteiger charge is -2.33. The normalized spacial score (nSPS) is 24.2. The first kappa shape index (κ1) is 14.3. The molecule has 1 unspecified atom stereocenters. The molecule has 0 aliphatic carbocycles. The summed E-state index contributed by atoms with van der Waals surface area (Å²) in [5, 5.41) is 0. The quantitative estimate of drug-likeness (QED) is 0.626. The highest BCUT2D eigenvalue weighted by atomic mass is 29.2. The summed E-state index contributed by atoms with van der Waals surface area (Å²) < 4.78 is 12.0. The van der Waals surface area contributed by atoms with Crippen LogP contribution in [-0.2, 0) is 18.5 Å². The second-order valence-corrected chi connectivity index (χ2v) is 11.6. The first-order chi connectivity index (χ1) is 7.74. The number of quaternary nitrogens is 1. The van der Waals surface area contributed by atoms with Gasteiger partial charge in [-0.1, -0.05) is 4.48 Å². The SMILES string of the molecule is CCO[SiH](OCC)[SiH]1CCC[N+]1(OC)OC. The van der Waals surface area contributed by atoms with Crippen LogP contribution in [0.4, 0.5) is 0 Å². The van der Waals surface area contributed by atoms with E-state index in [1.807, 2.05) is 13.8 Å². The van der Waals surface area contributed by atoms with Crippen molar-refractivity contribution in [1.82, 2.24) is 0 Å².